The molecule has 4 nitrogen and oxygen atoms in total. The predicted octanol–water partition coefficient (Wildman–Crippen LogP) is 0.860. The maximum absolute atomic E-state index is 11.2. The van der Waals surface area contributed by atoms with Gasteiger partial charge in [-0.25, -0.2) is 0 Å². The van der Waals surface area contributed by atoms with E-state index in [9.17, 15) is 9.59 Å². The summed E-state index contributed by atoms with van der Waals surface area (Å²) in [6.07, 6.45) is 2.56. The summed E-state index contributed by atoms with van der Waals surface area (Å²) in [7, 11) is 1.31. The molecule has 0 fully saturated rings. The van der Waals surface area contributed by atoms with Crippen LogP contribution in [-0.2, 0) is 14.3 Å². The van der Waals surface area contributed by atoms with E-state index in [1.54, 1.807) is 18.3 Å². The highest BCUT2D eigenvalue weighted by Crippen LogP contribution is 2.17. The van der Waals surface area contributed by atoms with Gasteiger partial charge in [-0.15, -0.1) is 0 Å². The smallest absolute Gasteiger partial charge is 0.315 e. The molecule has 0 aromatic carbocycles. The average molecular weight is 181 g/mol. The van der Waals surface area contributed by atoms with Crippen molar-refractivity contribution in [3.05, 3.63) is 24.0 Å². The van der Waals surface area contributed by atoms with Crippen LogP contribution in [0.2, 0.25) is 0 Å². The zero-order valence-corrected chi connectivity index (χ0v) is 7.32. The third-order valence-corrected chi connectivity index (χ3v) is 1.82. The zero-order chi connectivity index (χ0) is 9.68. The topological polar surface area (TPSA) is 59.2 Å². The van der Waals surface area contributed by atoms with Gasteiger partial charge in [0.25, 0.3) is 0 Å². The van der Waals surface area contributed by atoms with Gasteiger partial charge in [0.1, 0.15) is 12.2 Å². The Morgan fingerprint density at radius 3 is 3.00 bits per heavy atom. The van der Waals surface area contributed by atoms with Crippen molar-refractivity contribution in [3.63, 3.8) is 0 Å². The van der Waals surface area contributed by atoms with E-state index in [0.29, 0.717) is 12.0 Å². The molecular formula is C9H11NO3. The third kappa shape index (κ3) is 2.18. The molecular weight excluding hydrogens is 170 g/mol. The fourth-order valence-electron chi connectivity index (χ4n) is 1.15. The SMILES string of the molecule is COC(=O)[C@H](CC=O)c1ccc[nH]1. The number of nitrogens with one attached hydrogen (secondary N) is 1. The second kappa shape index (κ2) is 4.45. The lowest BCUT2D eigenvalue weighted by Gasteiger charge is -2.09. The molecule has 0 saturated carbocycles. The molecule has 1 aromatic rings. The zero-order valence-electron chi connectivity index (χ0n) is 7.32. The molecule has 0 aliphatic heterocycles. The number of hydrogen-bond acceptors (Lipinski definition) is 3. The van der Waals surface area contributed by atoms with E-state index in [1.165, 1.54) is 7.11 Å². The minimum absolute atomic E-state index is 0.146. The highest BCUT2D eigenvalue weighted by atomic mass is 16.5. The summed E-state index contributed by atoms with van der Waals surface area (Å²) in [5.41, 5.74) is 0.707. The lowest BCUT2D eigenvalue weighted by molar-refractivity contribution is -0.143. The van der Waals surface area contributed by atoms with E-state index in [4.69, 9.17) is 0 Å². The van der Waals surface area contributed by atoms with Crippen LogP contribution in [0.5, 0.6) is 0 Å². The fourth-order valence-corrected chi connectivity index (χ4v) is 1.15. The Morgan fingerprint density at radius 1 is 1.77 bits per heavy atom. The highest BCUT2D eigenvalue weighted by molar-refractivity contribution is 5.80. The summed E-state index contributed by atoms with van der Waals surface area (Å²) >= 11 is 0. The van der Waals surface area contributed by atoms with Gasteiger partial charge in [0.05, 0.1) is 7.11 Å². The molecule has 0 radical (unpaired) electrons. The van der Waals surface area contributed by atoms with Crippen LogP contribution in [0.1, 0.15) is 18.0 Å². The fraction of sp³-hybridized carbons (Fsp3) is 0.333. The Labute approximate surface area is 75.9 Å². The summed E-state index contributed by atoms with van der Waals surface area (Å²) in [4.78, 5) is 24.4. The molecule has 1 atom stereocenters. The second-order valence-electron chi connectivity index (χ2n) is 2.60. The van der Waals surface area contributed by atoms with Crippen LogP contribution in [0.3, 0.4) is 0 Å². The van der Waals surface area contributed by atoms with Gasteiger partial charge < -0.3 is 14.5 Å². The van der Waals surface area contributed by atoms with Crippen LogP contribution in [0.15, 0.2) is 18.3 Å². The van der Waals surface area contributed by atoms with Gasteiger partial charge in [-0.1, -0.05) is 0 Å². The van der Waals surface area contributed by atoms with Crippen LogP contribution in [0, 0.1) is 0 Å². The van der Waals surface area contributed by atoms with E-state index in [0.717, 1.165) is 0 Å². The van der Waals surface area contributed by atoms with E-state index >= 15 is 0 Å². The van der Waals surface area contributed by atoms with Crippen LogP contribution in [0.25, 0.3) is 0 Å². The maximum atomic E-state index is 11.2. The number of aldehydes is 1. The molecule has 0 spiro atoms. The summed E-state index contributed by atoms with van der Waals surface area (Å²) in [6, 6.07) is 3.53. The Morgan fingerprint density at radius 2 is 2.54 bits per heavy atom. The first kappa shape index (κ1) is 9.51. The number of rotatable bonds is 4. The van der Waals surface area contributed by atoms with E-state index < -0.39 is 11.9 Å². The largest absolute Gasteiger partial charge is 0.468 e. The monoisotopic (exact) mass is 181 g/mol. The first-order valence-corrected chi connectivity index (χ1v) is 3.94. The van der Waals surface area contributed by atoms with E-state index in [-0.39, 0.29) is 6.42 Å². The van der Waals surface area contributed by atoms with E-state index in [1.807, 2.05) is 0 Å². The van der Waals surface area contributed by atoms with Crippen molar-refractivity contribution in [1.82, 2.24) is 4.98 Å². The normalized spacial score (nSPS) is 12.1. The molecule has 0 aliphatic rings. The summed E-state index contributed by atoms with van der Waals surface area (Å²) in [6.45, 7) is 0. The summed E-state index contributed by atoms with van der Waals surface area (Å²) in [5, 5.41) is 0. The minimum atomic E-state index is -0.502. The number of aromatic nitrogens is 1. The van der Waals surface area contributed by atoms with Gasteiger partial charge in [-0.05, 0) is 12.1 Å². The lowest BCUT2D eigenvalue weighted by atomic mass is 10.0. The van der Waals surface area contributed by atoms with Crippen LogP contribution >= 0.6 is 0 Å². The van der Waals surface area contributed by atoms with Crippen molar-refractivity contribution >= 4 is 12.3 Å². The number of hydrogen-bond donors (Lipinski definition) is 1. The molecule has 1 N–H and O–H groups in total. The molecule has 0 amide bonds. The number of carbonyl (C=O) groups is 2. The standard InChI is InChI=1S/C9H11NO3/c1-13-9(12)7(4-6-11)8-3-2-5-10-8/h2-3,5-7,10H,4H2,1H3/t7-/m1/s1. The van der Waals surface area contributed by atoms with Gasteiger partial charge in [0.2, 0.25) is 0 Å². The van der Waals surface area contributed by atoms with Crippen LogP contribution in [-0.4, -0.2) is 24.3 Å². The molecule has 13 heavy (non-hydrogen) atoms. The second-order valence-corrected chi connectivity index (χ2v) is 2.60. The van der Waals surface area contributed by atoms with Gasteiger partial charge in [-0.3, -0.25) is 4.79 Å². The van der Waals surface area contributed by atoms with Crippen LogP contribution in [0.4, 0.5) is 0 Å². The van der Waals surface area contributed by atoms with Crippen molar-refractivity contribution in [2.24, 2.45) is 0 Å². The molecule has 0 unspecified atom stereocenters. The first-order valence-electron chi connectivity index (χ1n) is 3.94. The Kier molecular flexibility index (Phi) is 3.25. The van der Waals surface area contributed by atoms with Crippen LogP contribution < -0.4 is 0 Å². The van der Waals surface area contributed by atoms with Crippen molar-refractivity contribution < 1.29 is 14.3 Å². The highest BCUT2D eigenvalue weighted by Gasteiger charge is 2.21. The predicted molar refractivity (Wildman–Crippen MR) is 46.2 cm³/mol. The third-order valence-electron chi connectivity index (χ3n) is 1.82. The Balaban J connectivity index is 2.79. The molecule has 1 heterocycles. The first-order chi connectivity index (χ1) is 6.29. The number of H-pyrrole nitrogens is 1. The molecule has 1 rings (SSSR count). The van der Waals surface area contributed by atoms with Crippen molar-refractivity contribution in [1.29, 1.82) is 0 Å². The summed E-state index contributed by atoms with van der Waals surface area (Å²) in [5.74, 6) is -0.896. The van der Waals surface area contributed by atoms with E-state index in [2.05, 4.69) is 9.72 Å². The van der Waals surface area contributed by atoms with Gasteiger partial charge in [0.15, 0.2) is 0 Å². The van der Waals surface area contributed by atoms with Gasteiger partial charge in [0, 0.05) is 18.3 Å². The Hall–Kier alpha value is -1.58. The molecule has 4 heteroatoms. The molecule has 0 aliphatic carbocycles. The number of methoxy groups -OCH3 is 1. The number of ether oxygens (including phenoxy) is 1. The van der Waals surface area contributed by atoms with Crippen molar-refractivity contribution in [2.75, 3.05) is 7.11 Å². The minimum Gasteiger partial charge on any atom is -0.468 e. The number of carbonyl (C=O) groups excluding carboxylic acids is 2. The summed E-state index contributed by atoms with van der Waals surface area (Å²) < 4.78 is 4.57. The molecule has 70 valence electrons. The average Bonchev–Trinajstić information content (AvgIpc) is 2.65. The quantitative estimate of drug-likeness (QED) is 0.553. The van der Waals surface area contributed by atoms with Gasteiger partial charge >= 0.3 is 5.97 Å². The number of aromatic amines is 1. The Bertz CT molecular complexity index is 279. The number of esters is 1. The van der Waals surface area contributed by atoms with Gasteiger partial charge in [-0.2, -0.15) is 0 Å². The maximum Gasteiger partial charge on any atom is 0.315 e. The molecule has 0 bridgehead atoms. The molecule has 0 saturated heterocycles. The lowest BCUT2D eigenvalue weighted by Crippen LogP contribution is -2.15. The molecule has 1 aromatic heterocycles. The van der Waals surface area contributed by atoms with Crippen molar-refractivity contribution in [3.8, 4) is 0 Å². The van der Waals surface area contributed by atoms with Crippen molar-refractivity contribution in [2.45, 2.75) is 12.3 Å².